The van der Waals surface area contributed by atoms with Crippen molar-refractivity contribution < 1.29 is 9.13 Å². The van der Waals surface area contributed by atoms with Crippen LogP contribution in [0.15, 0.2) is 36.4 Å². The minimum atomic E-state index is -0.248. The van der Waals surface area contributed by atoms with Gasteiger partial charge in [-0.05, 0) is 12.1 Å². The summed E-state index contributed by atoms with van der Waals surface area (Å²) in [7, 11) is 1.56. The largest absolute Gasteiger partial charge is 0.481 e. The van der Waals surface area contributed by atoms with Gasteiger partial charge in [-0.3, -0.25) is 0 Å². The van der Waals surface area contributed by atoms with Gasteiger partial charge >= 0.3 is 0 Å². The zero-order chi connectivity index (χ0) is 12.3. The predicted octanol–water partition coefficient (Wildman–Crippen LogP) is 3.79. The number of benzene rings is 1. The molecule has 1 heterocycles. The van der Waals surface area contributed by atoms with Crippen molar-refractivity contribution in [3.8, 4) is 17.0 Å². The summed E-state index contributed by atoms with van der Waals surface area (Å²) in [6.07, 6.45) is 0. The molecule has 0 bridgehead atoms. The van der Waals surface area contributed by atoms with Gasteiger partial charge in [0.2, 0.25) is 5.88 Å². The van der Waals surface area contributed by atoms with Crippen molar-refractivity contribution in [3.63, 3.8) is 0 Å². The Morgan fingerprint density at radius 2 is 1.94 bits per heavy atom. The van der Waals surface area contributed by atoms with Crippen LogP contribution in [0, 0.1) is 5.82 Å². The number of pyridine rings is 1. The monoisotopic (exact) mass is 295 g/mol. The summed E-state index contributed by atoms with van der Waals surface area (Å²) < 4.78 is 18.8. The van der Waals surface area contributed by atoms with E-state index in [1.807, 2.05) is 6.07 Å². The maximum atomic E-state index is 13.7. The lowest BCUT2D eigenvalue weighted by molar-refractivity contribution is 0.397. The van der Waals surface area contributed by atoms with E-state index in [1.54, 1.807) is 31.4 Å². The molecule has 0 spiro atoms. The molecule has 17 heavy (non-hydrogen) atoms. The minimum absolute atomic E-state index is 0.248. The molecular weight excluding hydrogens is 285 g/mol. The molecule has 0 saturated heterocycles. The van der Waals surface area contributed by atoms with Crippen LogP contribution in [-0.4, -0.2) is 12.1 Å². The SMILES string of the molecule is COc1ccc(-c2ccccc2F)c(CBr)n1. The number of aromatic nitrogens is 1. The molecule has 0 fully saturated rings. The van der Waals surface area contributed by atoms with Gasteiger partial charge in [-0.25, -0.2) is 9.37 Å². The summed E-state index contributed by atoms with van der Waals surface area (Å²) in [6, 6.07) is 10.2. The number of ether oxygens (including phenoxy) is 1. The normalized spacial score (nSPS) is 10.3. The highest BCUT2D eigenvalue weighted by Crippen LogP contribution is 2.28. The summed E-state index contributed by atoms with van der Waals surface area (Å²) >= 11 is 3.35. The number of methoxy groups -OCH3 is 1. The van der Waals surface area contributed by atoms with Gasteiger partial charge in [0.05, 0.1) is 12.8 Å². The van der Waals surface area contributed by atoms with Crippen molar-refractivity contribution >= 4 is 15.9 Å². The molecule has 0 saturated carbocycles. The average molecular weight is 296 g/mol. The first-order valence-electron chi connectivity index (χ1n) is 5.11. The number of alkyl halides is 1. The lowest BCUT2D eigenvalue weighted by Gasteiger charge is -2.09. The van der Waals surface area contributed by atoms with Crippen LogP contribution < -0.4 is 4.74 Å². The fraction of sp³-hybridized carbons (Fsp3) is 0.154. The van der Waals surface area contributed by atoms with Gasteiger partial charge in [0.15, 0.2) is 0 Å². The van der Waals surface area contributed by atoms with Crippen LogP contribution in [0.1, 0.15) is 5.69 Å². The number of nitrogens with zero attached hydrogens (tertiary/aromatic N) is 1. The smallest absolute Gasteiger partial charge is 0.213 e. The van der Waals surface area contributed by atoms with Gasteiger partial charge in [0.1, 0.15) is 5.82 Å². The highest BCUT2D eigenvalue weighted by molar-refractivity contribution is 9.08. The van der Waals surface area contributed by atoms with Crippen molar-refractivity contribution in [1.82, 2.24) is 4.98 Å². The Hall–Kier alpha value is -1.42. The summed E-state index contributed by atoms with van der Waals surface area (Å²) in [4.78, 5) is 4.29. The minimum Gasteiger partial charge on any atom is -0.481 e. The molecule has 0 aliphatic rings. The fourth-order valence-electron chi connectivity index (χ4n) is 1.62. The molecule has 0 radical (unpaired) electrons. The van der Waals surface area contributed by atoms with Crippen LogP contribution in [0.5, 0.6) is 5.88 Å². The van der Waals surface area contributed by atoms with Crippen LogP contribution in [0.2, 0.25) is 0 Å². The second kappa shape index (κ2) is 5.27. The van der Waals surface area contributed by atoms with E-state index in [4.69, 9.17) is 4.74 Å². The Morgan fingerprint density at radius 3 is 2.59 bits per heavy atom. The third kappa shape index (κ3) is 2.47. The van der Waals surface area contributed by atoms with Gasteiger partial charge in [-0.2, -0.15) is 0 Å². The van der Waals surface area contributed by atoms with Crippen molar-refractivity contribution in [3.05, 3.63) is 47.9 Å². The Balaban J connectivity index is 2.56. The molecule has 2 rings (SSSR count). The maximum absolute atomic E-state index is 13.7. The van der Waals surface area contributed by atoms with E-state index in [2.05, 4.69) is 20.9 Å². The molecule has 88 valence electrons. The molecule has 2 aromatic rings. The van der Waals surface area contributed by atoms with E-state index in [-0.39, 0.29) is 5.82 Å². The second-order valence-electron chi connectivity index (χ2n) is 3.46. The fourth-order valence-corrected chi connectivity index (χ4v) is 2.05. The Morgan fingerprint density at radius 1 is 1.18 bits per heavy atom. The Labute approximate surface area is 108 Å². The van der Waals surface area contributed by atoms with Crippen LogP contribution in [-0.2, 0) is 5.33 Å². The Bertz CT molecular complexity index is 531. The van der Waals surface area contributed by atoms with Crippen LogP contribution in [0.3, 0.4) is 0 Å². The Kier molecular flexibility index (Phi) is 3.74. The van der Waals surface area contributed by atoms with E-state index < -0.39 is 0 Å². The zero-order valence-corrected chi connectivity index (χ0v) is 10.9. The molecule has 0 unspecified atom stereocenters. The van der Waals surface area contributed by atoms with E-state index in [0.717, 1.165) is 11.3 Å². The van der Waals surface area contributed by atoms with E-state index in [9.17, 15) is 4.39 Å². The van der Waals surface area contributed by atoms with Gasteiger partial charge in [-0.15, -0.1) is 0 Å². The molecule has 0 N–H and O–H groups in total. The highest BCUT2D eigenvalue weighted by atomic mass is 79.9. The molecule has 4 heteroatoms. The van der Waals surface area contributed by atoms with E-state index in [1.165, 1.54) is 6.07 Å². The predicted molar refractivity (Wildman–Crippen MR) is 68.8 cm³/mol. The number of halogens is 2. The number of hydrogen-bond donors (Lipinski definition) is 0. The molecule has 0 aliphatic heterocycles. The molecule has 0 aliphatic carbocycles. The van der Waals surface area contributed by atoms with Crippen molar-refractivity contribution in [2.75, 3.05) is 7.11 Å². The molecule has 1 aromatic carbocycles. The van der Waals surface area contributed by atoms with Gasteiger partial charge < -0.3 is 4.74 Å². The number of hydrogen-bond acceptors (Lipinski definition) is 2. The van der Waals surface area contributed by atoms with Crippen LogP contribution in [0.25, 0.3) is 11.1 Å². The van der Waals surface area contributed by atoms with Crippen LogP contribution >= 0.6 is 15.9 Å². The molecule has 0 amide bonds. The summed E-state index contributed by atoms with van der Waals surface area (Å²) in [5, 5.41) is 0.549. The topological polar surface area (TPSA) is 22.1 Å². The standard InChI is InChI=1S/C13H11BrFNO/c1-17-13-7-6-10(12(8-14)16-13)9-4-2-3-5-11(9)15/h2-7H,8H2,1H3. The lowest BCUT2D eigenvalue weighted by atomic mass is 10.0. The summed E-state index contributed by atoms with van der Waals surface area (Å²) in [6.45, 7) is 0. The van der Waals surface area contributed by atoms with Gasteiger partial charge in [-0.1, -0.05) is 34.1 Å². The van der Waals surface area contributed by atoms with E-state index in [0.29, 0.717) is 16.8 Å². The zero-order valence-electron chi connectivity index (χ0n) is 9.28. The molecule has 2 nitrogen and oxygen atoms in total. The first kappa shape index (κ1) is 12.0. The van der Waals surface area contributed by atoms with Crippen molar-refractivity contribution in [2.24, 2.45) is 0 Å². The highest BCUT2D eigenvalue weighted by Gasteiger charge is 2.10. The average Bonchev–Trinajstić information content (AvgIpc) is 2.38. The lowest BCUT2D eigenvalue weighted by Crippen LogP contribution is -1.96. The van der Waals surface area contributed by atoms with Crippen LogP contribution in [0.4, 0.5) is 4.39 Å². The second-order valence-corrected chi connectivity index (χ2v) is 4.02. The van der Waals surface area contributed by atoms with E-state index >= 15 is 0 Å². The molecular formula is C13H11BrFNO. The summed E-state index contributed by atoms with van der Waals surface area (Å²) in [5.41, 5.74) is 2.09. The van der Waals surface area contributed by atoms with Gasteiger partial charge in [0, 0.05) is 22.5 Å². The quantitative estimate of drug-likeness (QED) is 0.804. The van der Waals surface area contributed by atoms with Gasteiger partial charge in [0.25, 0.3) is 0 Å². The van der Waals surface area contributed by atoms with Crippen molar-refractivity contribution in [1.29, 1.82) is 0 Å². The summed E-state index contributed by atoms with van der Waals surface area (Å²) in [5.74, 6) is 0.279. The number of rotatable bonds is 3. The molecule has 0 atom stereocenters. The van der Waals surface area contributed by atoms with Crippen molar-refractivity contribution in [2.45, 2.75) is 5.33 Å². The first-order chi connectivity index (χ1) is 8.26. The third-order valence-electron chi connectivity index (χ3n) is 2.45. The maximum Gasteiger partial charge on any atom is 0.213 e. The third-order valence-corrected chi connectivity index (χ3v) is 2.98. The molecule has 1 aromatic heterocycles. The first-order valence-corrected chi connectivity index (χ1v) is 6.23.